The van der Waals surface area contributed by atoms with Gasteiger partial charge in [-0.3, -0.25) is 4.79 Å². The van der Waals surface area contributed by atoms with E-state index < -0.39 is 0 Å². The largest absolute Gasteiger partial charge is 0.348 e. The van der Waals surface area contributed by atoms with E-state index in [0.717, 1.165) is 11.3 Å². The van der Waals surface area contributed by atoms with Gasteiger partial charge in [-0.15, -0.1) is 0 Å². The van der Waals surface area contributed by atoms with E-state index in [4.69, 9.17) is 0 Å². The molecule has 2 aromatic carbocycles. The number of halogens is 1. The van der Waals surface area contributed by atoms with Crippen LogP contribution in [0, 0.1) is 12.7 Å². The van der Waals surface area contributed by atoms with Gasteiger partial charge >= 0.3 is 0 Å². The van der Waals surface area contributed by atoms with Crippen LogP contribution >= 0.6 is 0 Å². The predicted octanol–water partition coefficient (Wildman–Crippen LogP) is 3.25. The fraction of sp³-hybridized carbons (Fsp3) is 0.111. The molecule has 1 aromatic heterocycles. The van der Waals surface area contributed by atoms with Crippen LogP contribution in [-0.4, -0.2) is 15.7 Å². The van der Waals surface area contributed by atoms with Crippen molar-refractivity contribution in [1.82, 2.24) is 15.1 Å². The lowest BCUT2D eigenvalue weighted by Gasteiger charge is -2.07. The molecule has 5 heteroatoms. The molecule has 4 nitrogen and oxygen atoms in total. The van der Waals surface area contributed by atoms with Crippen molar-refractivity contribution in [3.05, 3.63) is 83.4 Å². The van der Waals surface area contributed by atoms with E-state index >= 15 is 0 Å². The number of rotatable bonds is 4. The molecule has 0 aliphatic heterocycles. The van der Waals surface area contributed by atoms with Crippen LogP contribution in [0.4, 0.5) is 4.39 Å². The van der Waals surface area contributed by atoms with Crippen LogP contribution in [0.2, 0.25) is 0 Å². The summed E-state index contributed by atoms with van der Waals surface area (Å²) < 4.78 is 15.2. The molecule has 0 unspecified atom stereocenters. The minimum Gasteiger partial charge on any atom is -0.348 e. The first-order valence-corrected chi connectivity index (χ1v) is 7.27. The number of nitrogens with one attached hydrogen (secondary N) is 1. The highest BCUT2D eigenvalue weighted by atomic mass is 19.1. The highest BCUT2D eigenvalue weighted by molar-refractivity contribution is 5.94. The SMILES string of the molecule is Cc1ccc(CNC(=O)c2ccc(-n3cccn3)cc2)cc1F. The molecule has 3 rings (SSSR count). The van der Waals surface area contributed by atoms with E-state index in [2.05, 4.69) is 10.4 Å². The molecule has 23 heavy (non-hydrogen) atoms. The highest BCUT2D eigenvalue weighted by Gasteiger charge is 2.07. The zero-order valence-corrected chi connectivity index (χ0v) is 12.7. The second kappa shape index (κ2) is 6.44. The topological polar surface area (TPSA) is 46.9 Å². The third-order valence-corrected chi connectivity index (χ3v) is 3.59. The zero-order valence-electron chi connectivity index (χ0n) is 12.7. The van der Waals surface area contributed by atoms with E-state index in [-0.39, 0.29) is 18.3 Å². The third kappa shape index (κ3) is 3.45. The zero-order chi connectivity index (χ0) is 16.2. The Morgan fingerprint density at radius 1 is 1.22 bits per heavy atom. The summed E-state index contributed by atoms with van der Waals surface area (Å²) in [4.78, 5) is 12.1. The van der Waals surface area contributed by atoms with Crippen LogP contribution in [0.1, 0.15) is 21.5 Å². The van der Waals surface area contributed by atoms with Crippen molar-refractivity contribution in [1.29, 1.82) is 0 Å². The number of carbonyl (C=O) groups excluding carboxylic acids is 1. The molecule has 0 fully saturated rings. The molecule has 1 N–H and O–H groups in total. The van der Waals surface area contributed by atoms with E-state index in [9.17, 15) is 9.18 Å². The fourth-order valence-electron chi connectivity index (χ4n) is 2.22. The number of benzene rings is 2. The van der Waals surface area contributed by atoms with Gasteiger partial charge in [0.25, 0.3) is 5.91 Å². The number of aryl methyl sites for hydroxylation is 1. The van der Waals surface area contributed by atoms with Crippen molar-refractivity contribution >= 4 is 5.91 Å². The standard InChI is InChI=1S/C18H16FN3O/c1-13-3-4-14(11-17(13)19)12-20-18(23)15-5-7-16(8-6-15)22-10-2-9-21-22/h2-11H,12H2,1H3,(H,20,23). The molecule has 0 aliphatic carbocycles. The minimum atomic E-state index is -0.264. The molecule has 0 spiro atoms. The van der Waals surface area contributed by atoms with Crippen LogP contribution in [0.25, 0.3) is 5.69 Å². The van der Waals surface area contributed by atoms with Crippen LogP contribution < -0.4 is 5.32 Å². The summed E-state index contributed by atoms with van der Waals surface area (Å²) in [7, 11) is 0. The molecular weight excluding hydrogens is 293 g/mol. The summed E-state index contributed by atoms with van der Waals surface area (Å²) in [5, 5.41) is 6.92. The van der Waals surface area contributed by atoms with E-state index in [1.807, 2.05) is 24.4 Å². The first-order valence-electron chi connectivity index (χ1n) is 7.27. The van der Waals surface area contributed by atoms with Gasteiger partial charge in [-0.25, -0.2) is 9.07 Å². The Labute approximate surface area is 133 Å². The maximum absolute atomic E-state index is 13.5. The summed E-state index contributed by atoms with van der Waals surface area (Å²) in [5.41, 5.74) is 2.75. The third-order valence-electron chi connectivity index (χ3n) is 3.59. The highest BCUT2D eigenvalue weighted by Crippen LogP contribution is 2.11. The normalized spacial score (nSPS) is 10.5. The number of amides is 1. The van der Waals surface area contributed by atoms with Gasteiger partial charge in [-0.1, -0.05) is 12.1 Å². The summed E-state index contributed by atoms with van der Waals surface area (Å²) in [5.74, 6) is -0.460. The lowest BCUT2D eigenvalue weighted by molar-refractivity contribution is 0.0951. The van der Waals surface area contributed by atoms with Crippen molar-refractivity contribution in [2.45, 2.75) is 13.5 Å². The van der Waals surface area contributed by atoms with Gasteiger partial charge in [0.1, 0.15) is 5.82 Å². The first kappa shape index (κ1) is 15.0. The molecule has 0 saturated carbocycles. The predicted molar refractivity (Wildman–Crippen MR) is 85.9 cm³/mol. The molecule has 1 heterocycles. The number of hydrogen-bond acceptors (Lipinski definition) is 2. The average molecular weight is 309 g/mol. The van der Waals surface area contributed by atoms with Crippen molar-refractivity contribution in [2.24, 2.45) is 0 Å². The average Bonchev–Trinajstić information content (AvgIpc) is 3.10. The molecule has 1 amide bonds. The summed E-state index contributed by atoms with van der Waals surface area (Å²) in [6.45, 7) is 2.00. The van der Waals surface area contributed by atoms with Crippen LogP contribution in [0.15, 0.2) is 60.9 Å². The molecule has 3 aromatic rings. The molecule has 0 atom stereocenters. The van der Waals surface area contributed by atoms with Gasteiger partial charge in [0.15, 0.2) is 0 Å². The van der Waals surface area contributed by atoms with E-state index in [1.54, 1.807) is 42.1 Å². The quantitative estimate of drug-likeness (QED) is 0.804. The fourth-order valence-corrected chi connectivity index (χ4v) is 2.22. The lowest BCUT2D eigenvalue weighted by Crippen LogP contribution is -2.22. The number of carbonyl (C=O) groups is 1. The maximum atomic E-state index is 13.5. The van der Waals surface area contributed by atoms with Crippen LogP contribution in [0.5, 0.6) is 0 Å². The Kier molecular flexibility index (Phi) is 4.19. The van der Waals surface area contributed by atoms with E-state index in [1.165, 1.54) is 6.07 Å². The van der Waals surface area contributed by atoms with Gasteiger partial charge in [0, 0.05) is 24.5 Å². The van der Waals surface area contributed by atoms with Gasteiger partial charge < -0.3 is 5.32 Å². The van der Waals surface area contributed by atoms with Gasteiger partial charge in [-0.05, 0) is 54.4 Å². The van der Waals surface area contributed by atoms with Crippen LogP contribution in [0.3, 0.4) is 0 Å². The van der Waals surface area contributed by atoms with Crippen molar-refractivity contribution in [3.63, 3.8) is 0 Å². The Morgan fingerprint density at radius 2 is 2.00 bits per heavy atom. The number of hydrogen-bond donors (Lipinski definition) is 1. The Bertz CT molecular complexity index is 811. The van der Waals surface area contributed by atoms with Gasteiger partial charge in [0.2, 0.25) is 0 Å². The summed E-state index contributed by atoms with van der Waals surface area (Å²) in [6, 6.07) is 13.9. The van der Waals surface area contributed by atoms with Crippen molar-refractivity contribution in [2.75, 3.05) is 0 Å². The Morgan fingerprint density at radius 3 is 2.65 bits per heavy atom. The number of aromatic nitrogens is 2. The molecule has 0 bridgehead atoms. The van der Waals surface area contributed by atoms with Gasteiger partial charge in [-0.2, -0.15) is 5.10 Å². The summed E-state index contributed by atoms with van der Waals surface area (Å²) >= 11 is 0. The first-order chi connectivity index (χ1) is 11.1. The smallest absolute Gasteiger partial charge is 0.251 e. The van der Waals surface area contributed by atoms with Crippen LogP contribution in [-0.2, 0) is 6.54 Å². The lowest BCUT2D eigenvalue weighted by atomic mass is 10.1. The second-order valence-corrected chi connectivity index (χ2v) is 5.26. The van der Waals surface area contributed by atoms with Crippen molar-refractivity contribution < 1.29 is 9.18 Å². The Balaban J connectivity index is 1.65. The summed E-state index contributed by atoms with van der Waals surface area (Å²) in [6.07, 6.45) is 3.53. The second-order valence-electron chi connectivity index (χ2n) is 5.26. The van der Waals surface area contributed by atoms with Gasteiger partial charge in [0.05, 0.1) is 5.69 Å². The Hall–Kier alpha value is -2.95. The molecular formula is C18H16FN3O. The molecule has 0 radical (unpaired) electrons. The minimum absolute atomic E-state index is 0.196. The van der Waals surface area contributed by atoms with Crippen molar-refractivity contribution in [3.8, 4) is 5.69 Å². The molecule has 0 aliphatic rings. The monoisotopic (exact) mass is 309 g/mol. The van der Waals surface area contributed by atoms with E-state index in [0.29, 0.717) is 11.1 Å². The molecule has 116 valence electrons. The maximum Gasteiger partial charge on any atom is 0.251 e. The molecule has 0 saturated heterocycles. The number of nitrogens with zero attached hydrogens (tertiary/aromatic N) is 2.